The van der Waals surface area contributed by atoms with Gasteiger partial charge in [-0.15, -0.1) is 11.3 Å². The van der Waals surface area contributed by atoms with Crippen molar-refractivity contribution in [2.45, 2.75) is 19.3 Å². The van der Waals surface area contributed by atoms with E-state index in [1.165, 1.54) is 37.1 Å². The van der Waals surface area contributed by atoms with Crippen molar-refractivity contribution in [2.24, 2.45) is 5.73 Å². The second-order valence-corrected chi connectivity index (χ2v) is 7.00. The van der Waals surface area contributed by atoms with Crippen LogP contribution in [0, 0.1) is 0 Å². The van der Waals surface area contributed by atoms with Crippen LogP contribution < -0.4 is 5.73 Å². The van der Waals surface area contributed by atoms with Crippen LogP contribution >= 0.6 is 11.3 Å². The Morgan fingerprint density at radius 3 is 2.65 bits per heavy atom. The Bertz CT molecular complexity index is 916. The minimum absolute atomic E-state index is 0.764. The minimum atomic E-state index is 0.764. The molecule has 0 aliphatic carbocycles. The normalized spacial score (nSPS) is 11.5. The summed E-state index contributed by atoms with van der Waals surface area (Å²) in [5.74, 6) is 0. The third-order valence-electron chi connectivity index (χ3n) is 4.37. The number of aromatic nitrogens is 1. The van der Waals surface area contributed by atoms with Crippen molar-refractivity contribution in [2.75, 3.05) is 6.54 Å². The third-order valence-corrected chi connectivity index (χ3v) is 5.50. The number of benzene rings is 2. The molecule has 0 radical (unpaired) electrons. The zero-order valence-electron chi connectivity index (χ0n) is 13.0. The molecule has 0 atom stereocenters. The number of rotatable bonds is 5. The number of thiophene rings is 1. The molecule has 3 N–H and O–H groups in total. The molecule has 0 spiro atoms. The number of H-pyrrole nitrogens is 1. The fourth-order valence-corrected chi connectivity index (χ4v) is 4.31. The Morgan fingerprint density at radius 2 is 1.78 bits per heavy atom. The molecule has 2 nitrogen and oxygen atoms in total. The lowest BCUT2D eigenvalue weighted by Gasteiger charge is -2.03. The van der Waals surface area contributed by atoms with E-state index in [-0.39, 0.29) is 0 Å². The summed E-state index contributed by atoms with van der Waals surface area (Å²) < 4.78 is 1.34. The summed E-state index contributed by atoms with van der Waals surface area (Å²) in [5, 5.41) is 2.66. The van der Waals surface area contributed by atoms with Gasteiger partial charge < -0.3 is 10.7 Å². The maximum absolute atomic E-state index is 5.68. The van der Waals surface area contributed by atoms with Gasteiger partial charge in [0.1, 0.15) is 0 Å². The van der Waals surface area contributed by atoms with Gasteiger partial charge >= 0.3 is 0 Å². The van der Waals surface area contributed by atoms with Gasteiger partial charge in [-0.05, 0) is 55.0 Å². The predicted molar refractivity (Wildman–Crippen MR) is 101 cm³/mol. The van der Waals surface area contributed by atoms with Crippen LogP contribution in [0.15, 0.2) is 54.6 Å². The lowest BCUT2D eigenvalue weighted by molar-refractivity contribution is 0.748. The smallest absolute Gasteiger partial charge is 0.0599 e. The molecule has 2 heterocycles. The highest BCUT2D eigenvalue weighted by atomic mass is 32.1. The van der Waals surface area contributed by atoms with Crippen LogP contribution in [0.2, 0.25) is 0 Å². The van der Waals surface area contributed by atoms with Gasteiger partial charge in [0.15, 0.2) is 0 Å². The number of fused-ring (bicyclic) bond motifs is 2. The largest absolute Gasteiger partial charge is 0.354 e. The highest BCUT2D eigenvalue weighted by molar-refractivity contribution is 7.22. The number of aryl methyl sites for hydroxylation is 1. The summed E-state index contributed by atoms with van der Waals surface area (Å²) in [6.45, 7) is 0.764. The predicted octanol–water partition coefficient (Wildman–Crippen LogP) is 5.33. The van der Waals surface area contributed by atoms with E-state index in [0.29, 0.717) is 0 Å². The van der Waals surface area contributed by atoms with E-state index < -0.39 is 0 Å². The number of aromatic amines is 1. The van der Waals surface area contributed by atoms with E-state index in [2.05, 4.69) is 59.6 Å². The van der Waals surface area contributed by atoms with Crippen LogP contribution in [-0.2, 0) is 6.42 Å². The van der Waals surface area contributed by atoms with Gasteiger partial charge in [-0.1, -0.05) is 36.4 Å². The molecule has 0 saturated carbocycles. The first-order valence-electron chi connectivity index (χ1n) is 8.15. The van der Waals surface area contributed by atoms with E-state index >= 15 is 0 Å². The fraction of sp³-hybridized carbons (Fsp3) is 0.200. The molecule has 0 saturated heterocycles. The average Bonchev–Trinajstić information content (AvgIpc) is 3.16. The highest BCUT2D eigenvalue weighted by Gasteiger charge is 2.14. The Hall–Kier alpha value is -2.10. The zero-order chi connectivity index (χ0) is 15.6. The van der Waals surface area contributed by atoms with Crippen molar-refractivity contribution >= 4 is 32.3 Å². The van der Waals surface area contributed by atoms with E-state index in [9.17, 15) is 0 Å². The third kappa shape index (κ3) is 2.67. The van der Waals surface area contributed by atoms with Crippen LogP contribution in [-0.4, -0.2) is 11.5 Å². The molecule has 23 heavy (non-hydrogen) atoms. The summed E-state index contributed by atoms with van der Waals surface area (Å²) in [7, 11) is 0. The van der Waals surface area contributed by atoms with E-state index in [0.717, 1.165) is 25.8 Å². The molecular weight excluding hydrogens is 300 g/mol. The van der Waals surface area contributed by atoms with Crippen molar-refractivity contribution in [3.8, 4) is 10.6 Å². The molecule has 0 aliphatic heterocycles. The van der Waals surface area contributed by atoms with Crippen LogP contribution in [0.1, 0.15) is 18.4 Å². The number of hydrogen-bond acceptors (Lipinski definition) is 2. The maximum Gasteiger partial charge on any atom is 0.0599 e. The summed E-state index contributed by atoms with van der Waals surface area (Å²) in [5.41, 5.74) is 9.61. The molecule has 2 aromatic carbocycles. The Kier molecular flexibility index (Phi) is 3.90. The van der Waals surface area contributed by atoms with Crippen molar-refractivity contribution in [3.05, 3.63) is 60.2 Å². The number of para-hydroxylation sites is 1. The highest BCUT2D eigenvalue weighted by Crippen LogP contribution is 2.38. The van der Waals surface area contributed by atoms with Crippen LogP contribution in [0.4, 0.5) is 0 Å². The number of hydrogen-bond donors (Lipinski definition) is 2. The zero-order valence-corrected chi connectivity index (χ0v) is 13.8. The SMILES string of the molecule is NCCCCc1c(-c2cc3ccccc3s2)[nH]c2ccccc12. The fourth-order valence-electron chi connectivity index (χ4n) is 3.22. The van der Waals surface area contributed by atoms with Gasteiger partial charge in [0, 0.05) is 15.6 Å². The van der Waals surface area contributed by atoms with Crippen molar-refractivity contribution in [1.82, 2.24) is 4.98 Å². The quantitative estimate of drug-likeness (QED) is 0.479. The molecule has 0 amide bonds. The minimum Gasteiger partial charge on any atom is -0.354 e. The molecule has 0 unspecified atom stereocenters. The van der Waals surface area contributed by atoms with Crippen LogP contribution in [0.5, 0.6) is 0 Å². The summed E-state index contributed by atoms with van der Waals surface area (Å²) in [6.07, 6.45) is 3.28. The first-order valence-corrected chi connectivity index (χ1v) is 8.97. The molecule has 4 aromatic rings. The van der Waals surface area contributed by atoms with Crippen LogP contribution in [0.25, 0.3) is 31.6 Å². The molecule has 0 aliphatic rings. The van der Waals surface area contributed by atoms with E-state index in [1.54, 1.807) is 0 Å². The number of nitrogens with two attached hydrogens (primary N) is 1. The molecular formula is C20H20N2S. The Labute approximate surface area is 140 Å². The van der Waals surface area contributed by atoms with Crippen molar-refractivity contribution in [1.29, 1.82) is 0 Å². The summed E-state index contributed by atoms with van der Waals surface area (Å²) >= 11 is 1.86. The average molecular weight is 320 g/mol. The topological polar surface area (TPSA) is 41.8 Å². The summed E-state index contributed by atoms with van der Waals surface area (Å²) in [6, 6.07) is 19.5. The second-order valence-electron chi connectivity index (χ2n) is 5.92. The molecule has 0 bridgehead atoms. The number of unbranched alkanes of at least 4 members (excludes halogenated alkanes) is 1. The van der Waals surface area contributed by atoms with Crippen LogP contribution in [0.3, 0.4) is 0 Å². The summed E-state index contributed by atoms with van der Waals surface area (Å²) in [4.78, 5) is 4.97. The maximum atomic E-state index is 5.68. The first kappa shape index (κ1) is 14.5. The van der Waals surface area contributed by atoms with Gasteiger partial charge in [-0.3, -0.25) is 0 Å². The number of nitrogens with one attached hydrogen (secondary N) is 1. The van der Waals surface area contributed by atoms with Gasteiger partial charge in [-0.2, -0.15) is 0 Å². The van der Waals surface area contributed by atoms with E-state index in [4.69, 9.17) is 5.73 Å². The molecule has 116 valence electrons. The lowest BCUT2D eigenvalue weighted by atomic mass is 10.0. The Morgan fingerprint density at radius 1 is 0.957 bits per heavy atom. The second kappa shape index (κ2) is 6.19. The lowest BCUT2D eigenvalue weighted by Crippen LogP contribution is -1.99. The monoisotopic (exact) mass is 320 g/mol. The van der Waals surface area contributed by atoms with Gasteiger partial charge in [0.2, 0.25) is 0 Å². The molecule has 4 rings (SSSR count). The molecule has 3 heteroatoms. The standard InChI is InChI=1S/C20H20N2S/c21-12-6-5-9-16-15-8-2-3-10-17(15)22-20(16)19-13-14-7-1-4-11-18(14)23-19/h1-4,7-8,10-11,13,22H,5-6,9,12,21H2. The van der Waals surface area contributed by atoms with Crippen molar-refractivity contribution in [3.63, 3.8) is 0 Å². The Balaban J connectivity index is 1.85. The first-order chi connectivity index (χ1) is 11.4. The van der Waals surface area contributed by atoms with Gasteiger partial charge in [0.25, 0.3) is 0 Å². The molecule has 0 fully saturated rings. The van der Waals surface area contributed by atoms with Gasteiger partial charge in [-0.25, -0.2) is 0 Å². The molecule has 2 aromatic heterocycles. The van der Waals surface area contributed by atoms with E-state index in [1.807, 2.05) is 11.3 Å². The van der Waals surface area contributed by atoms with Crippen molar-refractivity contribution < 1.29 is 0 Å². The van der Waals surface area contributed by atoms with Gasteiger partial charge in [0.05, 0.1) is 10.6 Å².